The summed E-state index contributed by atoms with van der Waals surface area (Å²) in [7, 11) is 0. The molecule has 5 nitrogen and oxygen atoms in total. The Bertz CT molecular complexity index is 471. The maximum Gasteiger partial charge on any atom is 0.240 e. The summed E-state index contributed by atoms with van der Waals surface area (Å²) in [5.74, 6) is -1.67. The second-order valence-corrected chi connectivity index (χ2v) is 4.80. The molecule has 4 N–H and O–H groups in total. The summed E-state index contributed by atoms with van der Waals surface area (Å²) in [6.45, 7) is 2.53. The molecule has 1 aromatic carbocycles. The van der Waals surface area contributed by atoms with Crippen molar-refractivity contribution in [3.63, 3.8) is 0 Å². The first kappa shape index (κ1) is 17.7. The van der Waals surface area contributed by atoms with E-state index in [2.05, 4.69) is 5.32 Å². The molecule has 1 atom stereocenters. The summed E-state index contributed by atoms with van der Waals surface area (Å²) in [5, 5.41) is 31.9. The fourth-order valence-corrected chi connectivity index (χ4v) is 2.49. The number of piperazine rings is 1. The zero-order valence-electron chi connectivity index (χ0n) is 11.3. The fourth-order valence-electron chi connectivity index (χ4n) is 2.49. The monoisotopic (exact) mass is 324 g/mol. The second-order valence-electron chi connectivity index (χ2n) is 4.80. The van der Waals surface area contributed by atoms with Crippen molar-refractivity contribution in [2.45, 2.75) is 18.9 Å². The molecule has 0 amide bonds. The molecular weight excluding hydrogens is 306 g/mol. The second kappa shape index (κ2) is 7.63. The average molecular weight is 325 g/mol. The van der Waals surface area contributed by atoms with Crippen LogP contribution in [0.5, 0.6) is 17.2 Å². The molecule has 0 saturated carbocycles. The number of benzene rings is 1. The van der Waals surface area contributed by atoms with E-state index in [1.165, 1.54) is 12.1 Å². The minimum Gasteiger partial charge on any atom is -0.504 e. The highest BCUT2D eigenvalue weighted by atomic mass is 35.5. The summed E-state index contributed by atoms with van der Waals surface area (Å²) in [4.78, 5) is 1.84. The number of aromatic hydroxyl groups is 3. The van der Waals surface area contributed by atoms with Crippen LogP contribution in [-0.2, 0) is 0 Å². The molecule has 0 unspecified atom stereocenters. The van der Waals surface area contributed by atoms with E-state index in [9.17, 15) is 24.1 Å². The fraction of sp³-hybridized carbons (Fsp3) is 0.538. The Morgan fingerprint density at radius 1 is 1.10 bits per heavy atom. The number of alkyl halides is 2. The van der Waals surface area contributed by atoms with E-state index >= 15 is 0 Å². The van der Waals surface area contributed by atoms with Crippen LogP contribution in [0.4, 0.5) is 8.78 Å². The van der Waals surface area contributed by atoms with Gasteiger partial charge in [0.25, 0.3) is 0 Å². The van der Waals surface area contributed by atoms with Crippen molar-refractivity contribution in [1.82, 2.24) is 10.2 Å². The minimum atomic E-state index is -2.52. The lowest BCUT2D eigenvalue weighted by atomic mass is 9.99. The number of phenolic OH excluding ortho intramolecular Hbond substituents is 3. The maximum atomic E-state index is 12.8. The quantitative estimate of drug-likeness (QED) is 0.636. The Hall–Kier alpha value is -1.31. The first-order valence-corrected chi connectivity index (χ1v) is 6.47. The predicted octanol–water partition coefficient (Wildman–Crippen LogP) is 1.83. The molecule has 0 aliphatic carbocycles. The Balaban J connectivity index is 0.00000220. The summed E-state index contributed by atoms with van der Waals surface area (Å²) < 4.78 is 25.6. The van der Waals surface area contributed by atoms with Crippen molar-refractivity contribution in [3.05, 3.63) is 17.7 Å². The van der Waals surface area contributed by atoms with Crippen LogP contribution in [0.25, 0.3) is 0 Å². The summed E-state index contributed by atoms with van der Waals surface area (Å²) in [6.07, 6.45) is -2.96. The zero-order chi connectivity index (χ0) is 14.7. The van der Waals surface area contributed by atoms with Gasteiger partial charge < -0.3 is 20.6 Å². The molecule has 2 rings (SSSR count). The van der Waals surface area contributed by atoms with Crippen molar-refractivity contribution in [2.24, 2.45) is 0 Å². The molecule has 1 aliphatic rings. The van der Waals surface area contributed by atoms with E-state index in [-0.39, 0.29) is 18.0 Å². The summed E-state index contributed by atoms with van der Waals surface area (Å²) in [6, 6.07) is 1.88. The Labute approximate surface area is 127 Å². The lowest BCUT2D eigenvalue weighted by Crippen LogP contribution is -2.45. The van der Waals surface area contributed by atoms with E-state index in [0.717, 1.165) is 0 Å². The Morgan fingerprint density at radius 2 is 1.71 bits per heavy atom. The predicted molar refractivity (Wildman–Crippen MR) is 76.5 cm³/mol. The number of nitrogens with zero attached hydrogens (tertiary/aromatic N) is 1. The molecule has 1 aromatic rings. The molecule has 0 aromatic heterocycles. The highest BCUT2D eigenvalue weighted by molar-refractivity contribution is 5.85. The van der Waals surface area contributed by atoms with Crippen molar-refractivity contribution >= 4 is 12.4 Å². The van der Waals surface area contributed by atoms with Crippen LogP contribution >= 0.6 is 12.4 Å². The van der Waals surface area contributed by atoms with Crippen molar-refractivity contribution in [3.8, 4) is 17.2 Å². The molecule has 21 heavy (non-hydrogen) atoms. The molecule has 1 aliphatic heterocycles. The topological polar surface area (TPSA) is 76.0 Å². The number of hydrogen-bond acceptors (Lipinski definition) is 5. The molecule has 0 radical (unpaired) electrons. The van der Waals surface area contributed by atoms with Gasteiger partial charge in [-0.15, -0.1) is 12.4 Å². The third-order valence-corrected chi connectivity index (χ3v) is 3.51. The lowest BCUT2D eigenvalue weighted by Gasteiger charge is -2.35. The Kier molecular flexibility index (Phi) is 6.44. The number of nitrogens with one attached hydrogen (secondary N) is 1. The number of rotatable bonds is 4. The van der Waals surface area contributed by atoms with E-state index in [4.69, 9.17) is 0 Å². The SMILES string of the molecule is Cl.Oc1ccc([C@H](CC(F)F)N2CCNCC2)c(O)c1O. The van der Waals surface area contributed by atoms with Crippen LogP contribution in [0.1, 0.15) is 18.0 Å². The van der Waals surface area contributed by atoms with Gasteiger partial charge in [-0.05, 0) is 12.1 Å². The van der Waals surface area contributed by atoms with Gasteiger partial charge in [-0.1, -0.05) is 0 Å². The van der Waals surface area contributed by atoms with Gasteiger partial charge in [0.15, 0.2) is 11.5 Å². The van der Waals surface area contributed by atoms with Crippen LogP contribution in [0, 0.1) is 0 Å². The van der Waals surface area contributed by atoms with Gasteiger partial charge in [0.05, 0.1) is 0 Å². The van der Waals surface area contributed by atoms with Gasteiger partial charge in [0.2, 0.25) is 12.2 Å². The normalized spacial score (nSPS) is 17.5. The summed E-state index contributed by atoms with van der Waals surface area (Å²) >= 11 is 0. The molecule has 0 spiro atoms. The van der Waals surface area contributed by atoms with Crippen LogP contribution in [0.15, 0.2) is 12.1 Å². The van der Waals surface area contributed by atoms with Crippen LogP contribution < -0.4 is 5.32 Å². The third kappa shape index (κ3) is 4.09. The maximum absolute atomic E-state index is 12.8. The average Bonchev–Trinajstić information content (AvgIpc) is 2.44. The van der Waals surface area contributed by atoms with Crippen molar-refractivity contribution < 1.29 is 24.1 Å². The van der Waals surface area contributed by atoms with E-state index in [1.807, 2.05) is 4.90 Å². The lowest BCUT2D eigenvalue weighted by molar-refractivity contribution is 0.0728. The smallest absolute Gasteiger partial charge is 0.240 e. The molecule has 1 heterocycles. The van der Waals surface area contributed by atoms with E-state index < -0.39 is 36.1 Å². The zero-order valence-corrected chi connectivity index (χ0v) is 12.1. The Morgan fingerprint density at radius 3 is 2.29 bits per heavy atom. The van der Waals surface area contributed by atoms with E-state index in [0.29, 0.717) is 26.2 Å². The minimum absolute atomic E-state index is 0. The van der Waals surface area contributed by atoms with Gasteiger partial charge in [-0.25, -0.2) is 8.78 Å². The van der Waals surface area contributed by atoms with Crippen molar-refractivity contribution in [1.29, 1.82) is 0 Å². The van der Waals surface area contributed by atoms with Crippen LogP contribution in [0.2, 0.25) is 0 Å². The van der Waals surface area contributed by atoms with Gasteiger partial charge >= 0.3 is 0 Å². The first-order chi connectivity index (χ1) is 9.50. The number of phenols is 3. The van der Waals surface area contributed by atoms with E-state index in [1.54, 1.807) is 0 Å². The standard InChI is InChI=1S/C13H18F2N2O3.ClH/c14-11(15)7-9(17-5-3-16-4-6-17)8-1-2-10(18)13(20)12(8)19;/h1-2,9,11,16,18-20H,3-7H2;1H/t9-;/m0./s1. The number of hydrogen-bond donors (Lipinski definition) is 4. The van der Waals surface area contributed by atoms with Gasteiger partial charge in [-0.3, -0.25) is 4.90 Å². The molecule has 1 fully saturated rings. The van der Waals surface area contributed by atoms with Gasteiger partial charge in [0.1, 0.15) is 0 Å². The van der Waals surface area contributed by atoms with Gasteiger partial charge in [-0.2, -0.15) is 0 Å². The summed E-state index contributed by atoms with van der Waals surface area (Å²) in [5.41, 5.74) is 0.211. The third-order valence-electron chi connectivity index (χ3n) is 3.51. The highest BCUT2D eigenvalue weighted by Crippen LogP contribution is 2.42. The van der Waals surface area contributed by atoms with Crippen LogP contribution in [0.3, 0.4) is 0 Å². The highest BCUT2D eigenvalue weighted by Gasteiger charge is 2.29. The largest absolute Gasteiger partial charge is 0.504 e. The van der Waals surface area contributed by atoms with Crippen LogP contribution in [-0.4, -0.2) is 52.8 Å². The molecular formula is C13H19ClF2N2O3. The van der Waals surface area contributed by atoms with Gasteiger partial charge in [0, 0.05) is 44.2 Å². The molecule has 0 bridgehead atoms. The molecule has 8 heteroatoms. The molecule has 1 saturated heterocycles. The number of halogens is 3. The molecule has 120 valence electrons. The van der Waals surface area contributed by atoms with Crippen molar-refractivity contribution in [2.75, 3.05) is 26.2 Å². The first-order valence-electron chi connectivity index (χ1n) is 6.47.